The van der Waals surface area contributed by atoms with Crippen LogP contribution in [0.25, 0.3) is 10.9 Å². The van der Waals surface area contributed by atoms with Crippen LogP contribution in [0.15, 0.2) is 30.3 Å². The molecule has 1 aliphatic heterocycles. The van der Waals surface area contributed by atoms with E-state index in [1.165, 1.54) is 0 Å². The Labute approximate surface area is 210 Å². The van der Waals surface area contributed by atoms with E-state index in [9.17, 15) is 9.59 Å². The number of hydrogen-bond donors (Lipinski definition) is 1. The Morgan fingerprint density at radius 3 is 2.61 bits per heavy atom. The van der Waals surface area contributed by atoms with Crippen LogP contribution in [0.1, 0.15) is 69.1 Å². The molecule has 8 heteroatoms. The minimum Gasteiger partial charge on any atom is -0.465 e. The van der Waals surface area contributed by atoms with Crippen LogP contribution in [0.5, 0.6) is 0 Å². The summed E-state index contributed by atoms with van der Waals surface area (Å²) in [6.07, 6.45) is 1.16. The molecule has 2 heterocycles. The molecule has 1 aromatic heterocycles. The number of hydrogen-bond acceptors (Lipinski definition) is 6. The fourth-order valence-electron chi connectivity index (χ4n) is 5.33. The summed E-state index contributed by atoms with van der Waals surface area (Å²) in [4.78, 5) is 36.3. The molecule has 2 aromatic carbocycles. The molecule has 0 radical (unpaired) electrons. The van der Waals surface area contributed by atoms with Gasteiger partial charge in [0.15, 0.2) is 0 Å². The molecule has 2 aliphatic rings. The molecule has 1 saturated carbocycles. The predicted octanol–water partition coefficient (Wildman–Crippen LogP) is 5.10. The second-order valence-corrected chi connectivity index (χ2v) is 10.4. The van der Waals surface area contributed by atoms with Gasteiger partial charge in [0.1, 0.15) is 17.5 Å². The van der Waals surface area contributed by atoms with Crippen molar-refractivity contribution in [2.45, 2.75) is 64.3 Å². The average molecular weight is 491 g/mol. The van der Waals surface area contributed by atoms with Gasteiger partial charge in [-0.15, -0.1) is 0 Å². The lowest BCUT2D eigenvalue weighted by Gasteiger charge is -2.21. The van der Waals surface area contributed by atoms with Gasteiger partial charge in [-0.1, -0.05) is 18.2 Å². The smallest absolute Gasteiger partial charge is 0.316 e. The Kier molecular flexibility index (Phi) is 5.54. The lowest BCUT2D eigenvalue weighted by Crippen LogP contribution is -2.33. The van der Waals surface area contributed by atoms with Crippen molar-refractivity contribution in [2.75, 3.05) is 23.9 Å². The van der Waals surface area contributed by atoms with Crippen molar-refractivity contribution >= 4 is 34.3 Å². The maximum atomic E-state index is 15.8. The van der Waals surface area contributed by atoms with Crippen LogP contribution < -0.4 is 10.2 Å². The van der Waals surface area contributed by atoms with Crippen LogP contribution in [-0.4, -0.2) is 35.5 Å². The lowest BCUT2D eigenvalue weighted by atomic mass is 9.85. The predicted molar refractivity (Wildman–Crippen MR) is 137 cm³/mol. The number of nitrogens with one attached hydrogen (secondary N) is 1. The van der Waals surface area contributed by atoms with Gasteiger partial charge in [-0.2, -0.15) is 0 Å². The zero-order valence-electron chi connectivity index (χ0n) is 21.5. The van der Waals surface area contributed by atoms with Crippen LogP contribution in [-0.2, 0) is 25.2 Å². The zero-order chi connectivity index (χ0) is 26.0. The largest absolute Gasteiger partial charge is 0.465 e. The fourth-order valence-corrected chi connectivity index (χ4v) is 5.33. The number of ether oxygens (including phenoxy) is 1. The van der Waals surface area contributed by atoms with E-state index >= 15 is 4.39 Å². The van der Waals surface area contributed by atoms with Gasteiger partial charge in [-0.05, 0) is 65.2 Å². The average Bonchev–Trinajstić information content (AvgIpc) is 3.61. The van der Waals surface area contributed by atoms with Crippen molar-refractivity contribution in [1.82, 2.24) is 9.97 Å². The summed E-state index contributed by atoms with van der Waals surface area (Å²) < 4.78 is 21.0. The molecule has 188 valence electrons. The van der Waals surface area contributed by atoms with Crippen molar-refractivity contribution in [2.24, 2.45) is 0 Å². The van der Waals surface area contributed by atoms with E-state index in [1.807, 2.05) is 39.8 Å². The Morgan fingerprint density at radius 2 is 1.94 bits per heavy atom. The monoisotopic (exact) mass is 490 g/mol. The number of fused-ring (bicyclic) bond motifs is 2. The van der Waals surface area contributed by atoms with E-state index in [1.54, 1.807) is 37.1 Å². The molecule has 3 aromatic rings. The van der Waals surface area contributed by atoms with Crippen molar-refractivity contribution in [3.05, 3.63) is 58.7 Å². The summed E-state index contributed by atoms with van der Waals surface area (Å²) in [6, 6.07) is 8.62. The number of aromatic nitrogens is 2. The zero-order valence-corrected chi connectivity index (χ0v) is 21.5. The highest BCUT2D eigenvalue weighted by atomic mass is 19.1. The minimum atomic E-state index is -0.890. The number of aryl methyl sites for hydroxylation is 1. The molecule has 1 atom stereocenters. The Morgan fingerprint density at radius 1 is 1.22 bits per heavy atom. The van der Waals surface area contributed by atoms with Crippen LogP contribution in [0.4, 0.5) is 15.9 Å². The van der Waals surface area contributed by atoms with E-state index < -0.39 is 22.7 Å². The number of carbonyl (C=O) groups excluding carboxylic acids is 2. The molecule has 7 nitrogen and oxygen atoms in total. The number of rotatable bonds is 6. The third kappa shape index (κ3) is 3.53. The number of benzene rings is 2. The highest BCUT2D eigenvalue weighted by molar-refractivity contribution is 6.10. The number of anilines is 2. The first-order chi connectivity index (χ1) is 17.0. The van der Waals surface area contributed by atoms with Crippen molar-refractivity contribution in [3.63, 3.8) is 0 Å². The second-order valence-electron chi connectivity index (χ2n) is 10.4. The molecular formula is C28H31FN4O3. The number of nitrogens with zero attached hydrogens (tertiary/aromatic N) is 3. The number of amides is 1. The number of halogens is 1. The molecular weight excluding hydrogens is 459 g/mol. The van der Waals surface area contributed by atoms with E-state index in [-0.39, 0.29) is 18.5 Å². The third-order valence-electron chi connectivity index (χ3n) is 7.58. The van der Waals surface area contributed by atoms with Crippen LogP contribution in [0.3, 0.4) is 0 Å². The maximum absolute atomic E-state index is 15.8. The number of carbonyl (C=O) groups is 2. The molecule has 0 spiro atoms. The normalized spacial score (nSPS) is 18.2. The van der Waals surface area contributed by atoms with Gasteiger partial charge < -0.3 is 15.0 Å². The van der Waals surface area contributed by atoms with Gasteiger partial charge in [0.05, 0.1) is 29.0 Å². The topological polar surface area (TPSA) is 84.4 Å². The minimum absolute atomic E-state index is 0.0230. The van der Waals surface area contributed by atoms with Gasteiger partial charge >= 0.3 is 5.97 Å². The summed E-state index contributed by atoms with van der Waals surface area (Å²) >= 11 is 0. The Bertz CT molecular complexity index is 1410. The SMILES string of the molecule is CCOC(=O)C1(c2cccc([C@@H](C)Nc3nc(C)nc4cc5c(cc34)N(C)C(=O)C5(C)C)c2F)CC1. The maximum Gasteiger partial charge on any atom is 0.316 e. The summed E-state index contributed by atoms with van der Waals surface area (Å²) in [7, 11) is 1.77. The van der Waals surface area contributed by atoms with Gasteiger partial charge in [0, 0.05) is 29.2 Å². The Hall–Kier alpha value is -3.55. The summed E-state index contributed by atoms with van der Waals surface area (Å²) in [6.45, 7) is 9.52. The lowest BCUT2D eigenvalue weighted by molar-refractivity contribution is -0.146. The van der Waals surface area contributed by atoms with Crippen molar-refractivity contribution < 1.29 is 18.7 Å². The highest BCUT2D eigenvalue weighted by Crippen LogP contribution is 2.51. The van der Waals surface area contributed by atoms with E-state index in [0.717, 1.165) is 22.2 Å². The first kappa shape index (κ1) is 24.2. The third-order valence-corrected chi connectivity index (χ3v) is 7.58. The summed E-state index contributed by atoms with van der Waals surface area (Å²) in [5.41, 5.74) is 1.77. The van der Waals surface area contributed by atoms with Crippen molar-refractivity contribution in [1.29, 1.82) is 0 Å². The first-order valence-electron chi connectivity index (χ1n) is 12.3. The van der Waals surface area contributed by atoms with Gasteiger partial charge in [0.2, 0.25) is 5.91 Å². The summed E-state index contributed by atoms with van der Waals surface area (Å²) in [5, 5.41) is 4.12. The fraction of sp³-hybridized carbons (Fsp3) is 0.429. The van der Waals surface area contributed by atoms with E-state index in [0.29, 0.717) is 35.6 Å². The van der Waals surface area contributed by atoms with E-state index in [2.05, 4.69) is 15.3 Å². The number of esters is 1. The molecule has 1 aliphatic carbocycles. The molecule has 0 bridgehead atoms. The van der Waals surface area contributed by atoms with Crippen molar-refractivity contribution in [3.8, 4) is 0 Å². The number of likely N-dealkylation sites (N-methyl/N-ethyl adjacent to an activating group) is 1. The molecule has 0 unspecified atom stereocenters. The van der Waals surface area contributed by atoms with Crippen LogP contribution >= 0.6 is 0 Å². The molecule has 0 saturated heterocycles. The quantitative estimate of drug-likeness (QED) is 0.484. The van der Waals surface area contributed by atoms with Gasteiger partial charge in [0.25, 0.3) is 0 Å². The standard InChI is InChI=1S/C28H31FN4O3/c1-7-36-26(35)28(11-12-28)19-10-8-9-17(23(19)29)15(2)30-24-18-13-22-20(14-21(18)31-16(3)32-24)27(4,5)25(34)33(22)6/h8-10,13-15H,7,11-12H2,1-6H3,(H,30,31,32)/t15-/m1/s1. The summed E-state index contributed by atoms with van der Waals surface area (Å²) in [5.74, 6) is 0.395. The van der Waals surface area contributed by atoms with Crippen LogP contribution in [0.2, 0.25) is 0 Å². The van der Waals surface area contributed by atoms with Gasteiger partial charge in [-0.3, -0.25) is 9.59 Å². The van der Waals surface area contributed by atoms with E-state index in [4.69, 9.17) is 4.74 Å². The Balaban J connectivity index is 1.53. The molecule has 1 amide bonds. The molecule has 1 fully saturated rings. The highest BCUT2D eigenvalue weighted by Gasteiger charge is 2.54. The van der Waals surface area contributed by atoms with Gasteiger partial charge in [-0.25, -0.2) is 14.4 Å². The molecule has 1 N–H and O–H groups in total. The first-order valence-corrected chi connectivity index (χ1v) is 12.3. The molecule has 36 heavy (non-hydrogen) atoms. The van der Waals surface area contributed by atoms with Crippen LogP contribution in [0, 0.1) is 12.7 Å². The second kappa shape index (κ2) is 8.25. The molecule has 5 rings (SSSR count).